The van der Waals surface area contributed by atoms with Crippen LogP contribution in [0.5, 0.6) is 0 Å². The second-order valence-electron chi connectivity index (χ2n) is 9.27. The molecule has 0 bridgehead atoms. The van der Waals surface area contributed by atoms with Gasteiger partial charge in [0.05, 0.1) is 13.3 Å². The van der Waals surface area contributed by atoms with Gasteiger partial charge < -0.3 is 15.2 Å². The number of rotatable bonds is 12. The van der Waals surface area contributed by atoms with Crippen LogP contribution in [-0.2, 0) is 4.74 Å². The monoisotopic (exact) mass is 398 g/mol. The zero-order chi connectivity index (χ0) is 21.0. The van der Waals surface area contributed by atoms with Gasteiger partial charge in [0.2, 0.25) is 0 Å². The molecule has 0 aromatic rings. The number of carboxylic acid groups (broad SMARTS) is 1. The van der Waals surface area contributed by atoms with Gasteiger partial charge in [-0.05, 0) is 37.0 Å². The van der Waals surface area contributed by atoms with Gasteiger partial charge in [0.15, 0.2) is 0 Å². The van der Waals surface area contributed by atoms with Crippen molar-refractivity contribution >= 4 is 12.2 Å². The standard InChI is InChI=1S/C22H42N2O4/c1-5-6-7-8-9-10-11-12-13-28-20(25)23-17-24(21(26)27)19-14-18(2)15-22(3,4)16-19/h18-19H,5-17H2,1-4H3,(H,23,25)(H,26,27). The fourth-order valence-electron chi connectivity index (χ4n) is 4.49. The lowest BCUT2D eigenvalue weighted by Gasteiger charge is -2.42. The Morgan fingerprint density at radius 1 is 1.07 bits per heavy atom. The molecule has 0 aliphatic heterocycles. The van der Waals surface area contributed by atoms with E-state index in [9.17, 15) is 14.7 Å². The molecule has 2 atom stereocenters. The van der Waals surface area contributed by atoms with E-state index in [2.05, 4.69) is 33.0 Å². The normalized spacial score (nSPS) is 21.1. The summed E-state index contributed by atoms with van der Waals surface area (Å²) in [6.45, 7) is 9.12. The van der Waals surface area contributed by atoms with Crippen LogP contribution in [0.1, 0.15) is 98.3 Å². The molecule has 164 valence electrons. The quantitative estimate of drug-likeness (QED) is 0.312. The molecule has 1 saturated carbocycles. The highest BCUT2D eigenvalue weighted by Crippen LogP contribution is 2.40. The van der Waals surface area contributed by atoms with E-state index in [4.69, 9.17) is 4.74 Å². The Balaban J connectivity index is 2.23. The zero-order valence-electron chi connectivity index (χ0n) is 18.5. The first-order valence-electron chi connectivity index (χ1n) is 11.2. The van der Waals surface area contributed by atoms with Gasteiger partial charge in [0.25, 0.3) is 0 Å². The predicted octanol–water partition coefficient (Wildman–Crippen LogP) is 6.01. The van der Waals surface area contributed by atoms with Gasteiger partial charge in [-0.3, -0.25) is 4.90 Å². The van der Waals surface area contributed by atoms with E-state index in [1.165, 1.54) is 43.4 Å². The van der Waals surface area contributed by atoms with Gasteiger partial charge in [-0.1, -0.05) is 72.6 Å². The molecule has 1 aliphatic carbocycles. The molecule has 1 aliphatic rings. The summed E-state index contributed by atoms with van der Waals surface area (Å²) in [5.41, 5.74) is 0.118. The maximum Gasteiger partial charge on any atom is 0.408 e. The van der Waals surface area contributed by atoms with E-state index in [1.54, 1.807) is 0 Å². The number of hydrogen-bond donors (Lipinski definition) is 2. The third kappa shape index (κ3) is 10.2. The number of alkyl carbamates (subject to hydrolysis) is 1. The minimum atomic E-state index is -0.988. The van der Waals surface area contributed by atoms with E-state index >= 15 is 0 Å². The molecule has 6 nitrogen and oxygen atoms in total. The largest absolute Gasteiger partial charge is 0.465 e. The molecule has 0 radical (unpaired) electrons. The van der Waals surface area contributed by atoms with E-state index in [0.29, 0.717) is 12.5 Å². The van der Waals surface area contributed by atoms with Crippen LogP contribution in [0.3, 0.4) is 0 Å². The molecule has 28 heavy (non-hydrogen) atoms. The Bertz CT molecular complexity index is 467. The van der Waals surface area contributed by atoms with E-state index in [0.717, 1.165) is 32.1 Å². The lowest BCUT2D eigenvalue weighted by Crippen LogP contribution is -2.50. The minimum absolute atomic E-state index is 0.0148. The van der Waals surface area contributed by atoms with Gasteiger partial charge in [0, 0.05) is 6.04 Å². The molecular formula is C22H42N2O4. The maximum absolute atomic E-state index is 11.9. The molecule has 6 heteroatoms. The third-order valence-electron chi connectivity index (χ3n) is 5.67. The van der Waals surface area contributed by atoms with Crippen LogP contribution in [0, 0.1) is 11.3 Å². The number of carbonyl (C=O) groups is 2. The number of hydrogen-bond acceptors (Lipinski definition) is 3. The van der Waals surface area contributed by atoms with Crippen molar-refractivity contribution in [3.05, 3.63) is 0 Å². The van der Waals surface area contributed by atoms with Gasteiger partial charge >= 0.3 is 12.2 Å². The van der Waals surface area contributed by atoms with E-state index in [-0.39, 0.29) is 18.1 Å². The van der Waals surface area contributed by atoms with Crippen molar-refractivity contribution in [2.45, 2.75) is 104 Å². The van der Waals surface area contributed by atoms with Gasteiger partial charge in [-0.15, -0.1) is 0 Å². The SMILES string of the molecule is CCCCCCCCCCOC(=O)NCN(C(=O)O)C1CC(C)CC(C)(C)C1. The molecule has 0 saturated heterocycles. The molecule has 1 fully saturated rings. The van der Waals surface area contributed by atoms with Crippen LogP contribution in [-0.4, -0.2) is 41.5 Å². The Hall–Kier alpha value is -1.46. The summed E-state index contributed by atoms with van der Waals surface area (Å²) >= 11 is 0. The molecular weight excluding hydrogens is 356 g/mol. The predicted molar refractivity (Wildman–Crippen MR) is 112 cm³/mol. The molecule has 1 rings (SSSR count). The summed E-state index contributed by atoms with van der Waals surface area (Å²) in [6.07, 6.45) is 10.8. The number of unbranched alkanes of at least 4 members (excludes halogenated alkanes) is 7. The fourth-order valence-corrected chi connectivity index (χ4v) is 4.49. The molecule has 2 unspecified atom stereocenters. The molecule has 0 aromatic heterocycles. The average molecular weight is 399 g/mol. The van der Waals surface area contributed by atoms with Crippen LogP contribution in [0.15, 0.2) is 0 Å². The second kappa shape index (κ2) is 12.9. The number of nitrogens with zero attached hydrogens (tertiary/aromatic N) is 1. The first-order valence-corrected chi connectivity index (χ1v) is 11.2. The molecule has 0 aromatic carbocycles. The maximum atomic E-state index is 11.9. The van der Waals surface area contributed by atoms with Crippen molar-refractivity contribution in [3.63, 3.8) is 0 Å². The first kappa shape index (κ1) is 24.6. The first-order chi connectivity index (χ1) is 13.2. The zero-order valence-corrected chi connectivity index (χ0v) is 18.5. The van der Waals surface area contributed by atoms with Gasteiger partial charge in [-0.2, -0.15) is 0 Å². The number of amides is 2. The van der Waals surface area contributed by atoms with Crippen LogP contribution in [0.4, 0.5) is 9.59 Å². The smallest absolute Gasteiger partial charge is 0.408 e. The summed E-state index contributed by atoms with van der Waals surface area (Å²) in [7, 11) is 0. The number of nitrogens with one attached hydrogen (secondary N) is 1. The van der Waals surface area contributed by atoms with Gasteiger partial charge in [-0.25, -0.2) is 9.59 Å². The van der Waals surface area contributed by atoms with Crippen molar-refractivity contribution in [3.8, 4) is 0 Å². The minimum Gasteiger partial charge on any atom is -0.465 e. The Labute approximate surface area is 171 Å². The Morgan fingerprint density at radius 2 is 1.68 bits per heavy atom. The summed E-state index contributed by atoms with van der Waals surface area (Å²) in [5.74, 6) is 0.476. The van der Waals surface area contributed by atoms with E-state index in [1.807, 2.05) is 0 Å². The van der Waals surface area contributed by atoms with Crippen molar-refractivity contribution in [2.24, 2.45) is 11.3 Å². The third-order valence-corrected chi connectivity index (χ3v) is 5.67. The summed E-state index contributed by atoms with van der Waals surface area (Å²) < 4.78 is 5.20. The molecule has 2 N–H and O–H groups in total. The molecule has 0 heterocycles. The van der Waals surface area contributed by atoms with Crippen LogP contribution in [0.25, 0.3) is 0 Å². The highest BCUT2D eigenvalue weighted by molar-refractivity contribution is 5.69. The summed E-state index contributed by atoms with van der Waals surface area (Å²) in [4.78, 5) is 24.9. The topological polar surface area (TPSA) is 78.9 Å². The molecule has 0 spiro atoms. The van der Waals surface area contributed by atoms with Gasteiger partial charge in [0.1, 0.15) is 0 Å². The van der Waals surface area contributed by atoms with E-state index < -0.39 is 12.2 Å². The lowest BCUT2D eigenvalue weighted by molar-refractivity contribution is 0.0573. The fraction of sp³-hybridized carbons (Fsp3) is 0.909. The highest BCUT2D eigenvalue weighted by atomic mass is 16.5. The van der Waals surface area contributed by atoms with Crippen LogP contribution < -0.4 is 5.32 Å². The van der Waals surface area contributed by atoms with Crippen molar-refractivity contribution in [1.29, 1.82) is 0 Å². The van der Waals surface area contributed by atoms with Crippen molar-refractivity contribution in [1.82, 2.24) is 10.2 Å². The molecule has 2 amide bonds. The van der Waals surface area contributed by atoms with Crippen molar-refractivity contribution < 1.29 is 19.4 Å². The summed E-state index contributed by atoms with van der Waals surface area (Å²) in [5, 5.41) is 12.2. The summed E-state index contributed by atoms with van der Waals surface area (Å²) in [6, 6.07) is -0.0655. The lowest BCUT2D eigenvalue weighted by atomic mass is 9.70. The number of ether oxygens (including phenoxy) is 1. The van der Waals surface area contributed by atoms with Crippen molar-refractivity contribution in [2.75, 3.05) is 13.3 Å². The Morgan fingerprint density at radius 3 is 2.25 bits per heavy atom. The Kier molecular flexibility index (Phi) is 11.3. The van der Waals surface area contributed by atoms with Crippen LogP contribution >= 0.6 is 0 Å². The highest BCUT2D eigenvalue weighted by Gasteiger charge is 2.36. The average Bonchev–Trinajstić information content (AvgIpc) is 2.58. The van der Waals surface area contributed by atoms with Crippen LogP contribution in [0.2, 0.25) is 0 Å². The number of carbonyl (C=O) groups excluding carboxylic acids is 1. The second-order valence-corrected chi connectivity index (χ2v) is 9.27.